The summed E-state index contributed by atoms with van der Waals surface area (Å²) in [6.07, 6.45) is 0. The highest BCUT2D eigenvalue weighted by Crippen LogP contribution is 2.31. The summed E-state index contributed by atoms with van der Waals surface area (Å²) in [4.78, 5) is 4.44. The van der Waals surface area contributed by atoms with Crippen LogP contribution in [0.25, 0.3) is 0 Å². The maximum atomic E-state index is 5.32. The zero-order valence-electron chi connectivity index (χ0n) is 11.0. The van der Waals surface area contributed by atoms with E-state index in [1.54, 1.807) is 14.2 Å². The highest BCUT2D eigenvalue weighted by molar-refractivity contribution is 9.10. The lowest BCUT2D eigenvalue weighted by molar-refractivity contribution is 0.405. The lowest BCUT2D eigenvalue weighted by atomic mass is 10.2. The Morgan fingerprint density at radius 1 is 1.11 bits per heavy atom. The molecule has 1 heterocycles. The molecule has 0 spiro atoms. The molecule has 0 bridgehead atoms. The van der Waals surface area contributed by atoms with Gasteiger partial charge in [-0.2, -0.15) is 0 Å². The van der Waals surface area contributed by atoms with Crippen LogP contribution in [-0.4, -0.2) is 19.2 Å². The second-order valence-corrected chi connectivity index (χ2v) is 4.81. The van der Waals surface area contributed by atoms with Crippen molar-refractivity contribution in [1.29, 1.82) is 0 Å². The summed E-state index contributed by atoms with van der Waals surface area (Å²) in [6.45, 7) is 1.94. The Morgan fingerprint density at radius 3 is 2.53 bits per heavy atom. The molecule has 0 amide bonds. The van der Waals surface area contributed by atoms with Crippen molar-refractivity contribution in [1.82, 2.24) is 4.98 Å². The van der Waals surface area contributed by atoms with Crippen molar-refractivity contribution in [3.8, 4) is 11.5 Å². The van der Waals surface area contributed by atoms with E-state index < -0.39 is 0 Å². The van der Waals surface area contributed by atoms with Gasteiger partial charge in [0.15, 0.2) is 0 Å². The molecule has 1 aromatic carbocycles. The van der Waals surface area contributed by atoms with Crippen LogP contribution < -0.4 is 14.8 Å². The van der Waals surface area contributed by atoms with Crippen LogP contribution in [0.5, 0.6) is 11.5 Å². The Kier molecular flexibility index (Phi) is 4.27. The van der Waals surface area contributed by atoms with Crippen molar-refractivity contribution in [3.63, 3.8) is 0 Å². The number of ether oxygens (including phenoxy) is 2. The molecule has 2 rings (SSSR count). The van der Waals surface area contributed by atoms with Crippen molar-refractivity contribution in [2.24, 2.45) is 0 Å². The highest BCUT2D eigenvalue weighted by atomic mass is 79.9. The minimum atomic E-state index is 0.739. The number of methoxy groups -OCH3 is 2. The molecule has 2 aromatic rings. The third-order valence-electron chi connectivity index (χ3n) is 2.69. The number of rotatable bonds is 4. The third kappa shape index (κ3) is 3.17. The van der Waals surface area contributed by atoms with Crippen molar-refractivity contribution >= 4 is 27.4 Å². The molecule has 0 atom stereocenters. The predicted molar refractivity (Wildman–Crippen MR) is 79.5 cm³/mol. The van der Waals surface area contributed by atoms with E-state index in [0.717, 1.165) is 33.2 Å². The van der Waals surface area contributed by atoms with Gasteiger partial charge in [0, 0.05) is 10.5 Å². The Labute approximate surface area is 120 Å². The molecule has 100 valence electrons. The minimum absolute atomic E-state index is 0.739. The van der Waals surface area contributed by atoms with Gasteiger partial charge in [-0.3, -0.25) is 0 Å². The molecule has 4 nitrogen and oxygen atoms in total. The topological polar surface area (TPSA) is 43.4 Å². The summed E-state index contributed by atoms with van der Waals surface area (Å²) in [6, 6.07) is 9.43. The summed E-state index contributed by atoms with van der Waals surface area (Å²) in [5.41, 5.74) is 1.74. The largest absolute Gasteiger partial charge is 0.497 e. The number of hydrogen-bond donors (Lipinski definition) is 1. The van der Waals surface area contributed by atoms with Crippen LogP contribution in [0.3, 0.4) is 0 Å². The Balaban J connectivity index is 2.33. The van der Waals surface area contributed by atoms with Crippen LogP contribution in [0, 0.1) is 6.92 Å². The fraction of sp³-hybridized carbons (Fsp3) is 0.214. The number of nitrogens with one attached hydrogen (secondary N) is 1. The van der Waals surface area contributed by atoms with Crippen molar-refractivity contribution in [3.05, 3.63) is 40.5 Å². The van der Waals surface area contributed by atoms with Gasteiger partial charge in [-0.15, -0.1) is 0 Å². The van der Waals surface area contributed by atoms with Gasteiger partial charge in [0.05, 0.1) is 25.6 Å². The maximum Gasteiger partial charge on any atom is 0.142 e. The molecule has 0 saturated carbocycles. The van der Waals surface area contributed by atoms with E-state index in [2.05, 4.69) is 26.2 Å². The second kappa shape index (κ2) is 5.93. The van der Waals surface area contributed by atoms with E-state index in [1.165, 1.54) is 0 Å². The van der Waals surface area contributed by atoms with E-state index in [-0.39, 0.29) is 0 Å². The summed E-state index contributed by atoms with van der Waals surface area (Å²) >= 11 is 3.43. The highest BCUT2D eigenvalue weighted by Gasteiger charge is 2.07. The summed E-state index contributed by atoms with van der Waals surface area (Å²) in [5.74, 6) is 2.26. The van der Waals surface area contributed by atoms with E-state index in [9.17, 15) is 0 Å². The Hall–Kier alpha value is -1.75. The molecule has 0 fully saturated rings. The predicted octanol–water partition coefficient (Wildman–Crippen LogP) is 3.91. The number of aromatic nitrogens is 1. The smallest absolute Gasteiger partial charge is 0.142 e. The lowest BCUT2D eigenvalue weighted by Gasteiger charge is -2.12. The number of hydrogen-bond acceptors (Lipinski definition) is 4. The summed E-state index contributed by atoms with van der Waals surface area (Å²) < 4.78 is 11.5. The molecule has 0 aliphatic heterocycles. The van der Waals surface area contributed by atoms with Crippen molar-refractivity contribution in [2.75, 3.05) is 19.5 Å². The quantitative estimate of drug-likeness (QED) is 0.926. The molecule has 0 aliphatic carbocycles. The summed E-state index contributed by atoms with van der Waals surface area (Å²) in [7, 11) is 3.26. The van der Waals surface area contributed by atoms with Gasteiger partial charge < -0.3 is 14.8 Å². The first kappa shape index (κ1) is 13.7. The zero-order chi connectivity index (χ0) is 13.8. The molecule has 5 heteroatoms. The van der Waals surface area contributed by atoms with Crippen LogP contribution in [0.15, 0.2) is 34.8 Å². The fourth-order valence-electron chi connectivity index (χ4n) is 1.66. The van der Waals surface area contributed by atoms with Gasteiger partial charge in [0.25, 0.3) is 0 Å². The van der Waals surface area contributed by atoms with Crippen molar-refractivity contribution < 1.29 is 9.47 Å². The Morgan fingerprint density at radius 2 is 1.89 bits per heavy atom. The number of pyridine rings is 1. The standard InChI is InChI=1S/C14H15BrN2O2/c1-9-11(15)5-7-14(16-9)17-12-8-10(18-2)4-6-13(12)19-3/h4-8H,1-3H3,(H,16,17). The van der Waals surface area contributed by atoms with Crippen LogP contribution in [-0.2, 0) is 0 Å². The van der Waals surface area contributed by atoms with E-state index >= 15 is 0 Å². The minimum Gasteiger partial charge on any atom is -0.497 e. The number of aryl methyl sites for hydroxylation is 1. The monoisotopic (exact) mass is 322 g/mol. The van der Waals surface area contributed by atoms with E-state index in [0.29, 0.717) is 0 Å². The van der Waals surface area contributed by atoms with Crippen LogP contribution >= 0.6 is 15.9 Å². The van der Waals surface area contributed by atoms with Gasteiger partial charge >= 0.3 is 0 Å². The molecule has 0 radical (unpaired) electrons. The number of halogens is 1. The van der Waals surface area contributed by atoms with Crippen LogP contribution in [0.4, 0.5) is 11.5 Å². The summed E-state index contributed by atoms with van der Waals surface area (Å²) in [5, 5.41) is 3.23. The molecule has 19 heavy (non-hydrogen) atoms. The van der Waals surface area contributed by atoms with E-state index in [1.807, 2.05) is 37.3 Å². The van der Waals surface area contributed by atoms with Gasteiger partial charge in [-0.25, -0.2) is 4.98 Å². The lowest BCUT2D eigenvalue weighted by Crippen LogP contribution is -1.98. The first-order valence-electron chi connectivity index (χ1n) is 5.76. The molecule has 1 N–H and O–H groups in total. The maximum absolute atomic E-state index is 5.32. The number of benzene rings is 1. The second-order valence-electron chi connectivity index (χ2n) is 3.95. The number of anilines is 2. The average molecular weight is 323 g/mol. The third-order valence-corrected chi connectivity index (χ3v) is 3.53. The molecular weight excluding hydrogens is 308 g/mol. The van der Waals surface area contributed by atoms with Gasteiger partial charge in [-0.1, -0.05) is 0 Å². The van der Waals surface area contributed by atoms with Gasteiger partial charge in [0.2, 0.25) is 0 Å². The molecule has 1 aromatic heterocycles. The molecule has 0 unspecified atom stereocenters. The first-order chi connectivity index (χ1) is 9.13. The van der Waals surface area contributed by atoms with Crippen LogP contribution in [0.2, 0.25) is 0 Å². The molecular formula is C14H15BrN2O2. The fourth-order valence-corrected chi connectivity index (χ4v) is 1.88. The Bertz CT molecular complexity index is 588. The molecule has 0 saturated heterocycles. The van der Waals surface area contributed by atoms with Crippen molar-refractivity contribution in [2.45, 2.75) is 6.92 Å². The first-order valence-corrected chi connectivity index (χ1v) is 6.55. The van der Waals surface area contributed by atoms with E-state index in [4.69, 9.17) is 9.47 Å². The van der Waals surface area contributed by atoms with Gasteiger partial charge in [-0.05, 0) is 47.1 Å². The number of nitrogens with zero attached hydrogens (tertiary/aromatic N) is 1. The van der Waals surface area contributed by atoms with Gasteiger partial charge in [0.1, 0.15) is 17.3 Å². The zero-order valence-corrected chi connectivity index (χ0v) is 12.6. The normalized spacial score (nSPS) is 10.1. The van der Waals surface area contributed by atoms with Crippen LogP contribution in [0.1, 0.15) is 5.69 Å². The SMILES string of the molecule is COc1ccc(OC)c(Nc2ccc(Br)c(C)n2)c1. The average Bonchev–Trinajstić information content (AvgIpc) is 2.43. The molecule has 0 aliphatic rings.